The number of hydrogen-bond donors (Lipinski definition) is 1. The van der Waals surface area contributed by atoms with Crippen LogP contribution in [0.1, 0.15) is 31.2 Å². The highest BCUT2D eigenvalue weighted by Crippen LogP contribution is 2.30. The third-order valence-electron chi connectivity index (χ3n) is 4.59. The molecule has 2 aromatic rings. The first kappa shape index (κ1) is 14.9. The summed E-state index contributed by atoms with van der Waals surface area (Å²) in [5.74, 6) is 1.23. The Morgan fingerprint density at radius 2 is 1.86 bits per heavy atom. The Morgan fingerprint density at radius 1 is 1.10 bits per heavy atom. The molecule has 112 valence electrons. The molecule has 0 bridgehead atoms. The smallest absolute Gasteiger partial charge is 0.0195 e. The quantitative estimate of drug-likeness (QED) is 0.833. The van der Waals surface area contributed by atoms with Gasteiger partial charge in [-0.3, -0.25) is 0 Å². The maximum absolute atomic E-state index is 3.52. The summed E-state index contributed by atoms with van der Waals surface area (Å²) < 4.78 is 0. The Hall–Kier alpha value is -0.990. The van der Waals surface area contributed by atoms with E-state index in [0.717, 1.165) is 11.7 Å². The zero-order chi connectivity index (χ0) is 14.5. The molecule has 1 N–H and O–H groups in total. The number of fused-ring (bicyclic) bond motifs is 1. The van der Waals surface area contributed by atoms with Crippen molar-refractivity contribution >= 4 is 22.5 Å². The molecule has 21 heavy (non-hydrogen) atoms. The molecule has 1 aliphatic rings. The fraction of sp³-hybridized carbons (Fsp3) is 0.474. The molecular formula is C19H25NS. The second-order valence-electron chi connectivity index (χ2n) is 6.07. The Balaban J connectivity index is 1.67. The fourth-order valence-corrected chi connectivity index (χ4v) is 4.74. The van der Waals surface area contributed by atoms with E-state index >= 15 is 0 Å². The van der Waals surface area contributed by atoms with Crippen LogP contribution in [0.2, 0.25) is 0 Å². The lowest BCUT2D eigenvalue weighted by Crippen LogP contribution is -2.30. The van der Waals surface area contributed by atoms with E-state index in [-0.39, 0.29) is 0 Å². The van der Waals surface area contributed by atoms with Crippen molar-refractivity contribution in [2.45, 2.75) is 43.4 Å². The molecule has 0 radical (unpaired) electrons. The molecule has 1 aliphatic carbocycles. The molecule has 2 aromatic carbocycles. The van der Waals surface area contributed by atoms with Crippen LogP contribution in [0.4, 0.5) is 0 Å². The molecular weight excluding hydrogens is 274 g/mol. The minimum Gasteiger partial charge on any atom is -0.316 e. The summed E-state index contributed by atoms with van der Waals surface area (Å²) >= 11 is 2.18. The lowest BCUT2D eigenvalue weighted by atomic mass is 9.99. The van der Waals surface area contributed by atoms with E-state index in [0.29, 0.717) is 6.04 Å². The van der Waals surface area contributed by atoms with Gasteiger partial charge >= 0.3 is 0 Å². The maximum Gasteiger partial charge on any atom is 0.0195 e. The molecule has 0 spiro atoms. The van der Waals surface area contributed by atoms with Crippen molar-refractivity contribution in [1.82, 2.24) is 5.32 Å². The van der Waals surface area contributed by atoms with Crippen LogP contribution in [-0.2, 0) is 6.42 Å². The minimum absolute atomic E-state index is 0.571. The van der Waals surface area contributed by atoms with Crippen molar-refractivity contribution < 1.29 is 0 Å². The lowest BCUT2D eigenvalue weighted by Gasteiger charge is -2.19. The molecule has 0 heterocycles. The molecule has 1 unspecified atom stereocenters. The van der Waals surface area contributed by atoms with Crippen molar-refractivity contribution in [3.05, 3.63) is 48.0 Å². The molecule has 2 heteroatoms. The number of hydrogen-bond acceptors (Lipinski definition) is 2. The molecule has 1 saturated carbocycles. The van der Waals surface area contributed by atoms with Gasteiger partial charge in [-0.15, -0.1) is 0 Å². The van der Waals surface area contributed by atoms with Gasteiger partial charge in [-0.05, 0) is 42.6 Å². The van der Waals surface area contributed by atoms with Crippen molar-refractivity contribution in [3.8, 4) is 0 Å². The van der Waals surface area contributed by atoms with Gasteiger partial charge in [-0.25, -0.2) is 0 Å². The second kappa shape index (κ2) is 7.33. The normalized spacial score (nSPS) is 17.4. The standard InChI is InChI=1S/C19H25NS/c1-20-17(14-21-18-10-3-4-11-18)13-16-9-6-8-15-7-2-5-12-19(15)16/h2,5-9,12,17-18,20H,3-4,10-11,13-14H2,1H3. The third kappa shape index (κ3) is 3.81. The van der Waals surface area contributed by atoms with Crippen LogP contribution in [0.15, 0.2) is 42.5 Å². The molecule has 0 aromatic heterocycles. The lowest BCUT2D eigenvalue weighted by molar-refractivity contribution is 0.617. The van der Waals surface area contributed by atoms with Crippen molar-refractivity contribution in [2.75, 3.05) is 12.8 Å². The number of nitrogens with one attached hydrogen (secondary N) is 1. The van der Waals surface area contributed by atoms with E-state index in [1.165, 1.54) is 47.8 Å². The number of thioether (sulfide) groups is 1. The van der Waals surface area contributed by atoms with Crippen molar-refractivity contribution in [1.29, 1.82) is 0 Å². The predicted molar refractivity (Wildman–Crippen MR) is 95.2 cm³/mol. The largest absolute Gasteiger partial charge is 0.316 e. The highest BCUT2D eigenvalue weighted by Gasteiger charge is 2.17. The first-order valence-electron chi connectivity index (χ1n) is 8.12. The van der Waals surface area contributed by atoms with Gasteiger partial charge in [0.05, 0.1) is 0 Å². The second-order valence-corrected chi connectivity index (χ2v) is 7.40. The van der Waals surface area contributed by atoms with Gasteiger partial charge in [-0.2, -0.15) is 11.8 Å². The number of rotatable bonds is 6. The van der Waals surface area contributed by atoms with Crippen LogP contribution >= 0.6 is 11.8 Å². The van der Waals surface area contributed by atoms with Gasteiger partial charge in [-0.1, -0.05) is 55.3 Å². The average molecular weight is 299 g/mol. The molecule has 1 nitrogen and oxygen atoms in total. The summed E-state index contributed by atoms with van der Waals surface area (Å²) in [5.41, 5.74) is 1.47. The summed E-state index contributed by atoms with van der Waals surface area (Å²) in [4.78, 5) is 0. The van der Waals surface area contributed by atoms with Gasteiger partial charge in [0.1, 0.15) is 0 Å². The third-order valence-corrected chi connectivity index (χ3v) is 6.13. The number of benzene rings is 2. The van der Waals surface area contributed by atoms with Crippen LogP contribution in [-0.4, -0.2) is 24.1 Å². The summed E-state index contributed by atoms with van der Waals surface area (Å²) in [6.45, 7) is 0. The van der Waals surface area contributed by atoms with E-state index in [1.54, 1.807) is 0 Å². The molecule has 3 rings (SSSR count). The Labute approximate surface area is 132 Å². The van der Waals surface area contributed by atoms with Crippen molar-refractivity contribution in [3.63, 3.8) is 0 Å². The molecule has 0 amide bonds. The summed E-state index contributed by atoms with van der Waals surface area (Å²) in [6, 6.07) is 16.0. The Bertz CT molecular complexity index is 569. The highest BCUT2D eigenvalue weighted by molar-refractivity contribution is 7.99. The SMILES string of the molecule is CNC(CSC1CCCC1)Cc1cccc2ccccc12. The molecule has 0 aliphatic heterocycles. The predicted octanol–water partition coefficient (Wildman–Crippen LogP) is 4.65. The Kier molecular flexibility index (Phi) is 5.21. The number of likely N-dealkylation sites (N-methyl/N-ethyl adjacent to an activating group) is 1. The summed E-state index contributed by atoms with van der Waals surface area (Å²) in [6.07, 6.45) is 6.85. The summed E-state index contributed by atoms with van der Waals surface area (Å²) in [7, 11) is 2.10. The fourth-order valence-electron chi connectivity index (χ4n) is 3.29. The average Bonchev–Trinajstić information content (AvgIpc) is 3.05. The first-order chi connectivity index (χ1) is 10.4. The van der Waals surface area contributed by atoms with E-state index in [2.05, 4.69) is 66.6 Å². The van der Waals surface area contributed by atoms with Crippen LogP contribution in [0.25, 0.3) is 10.8 Å². The van der Waals surface area contributed by atoms with Gasteiger partial charge < -0.3 is 5.32 Å². The van der Waals surface area contributed by atoms with Crippen LogP contribution < -0.4 is 5.32 Å². The van der Waals surface area contributed by atoms with Gasteiger partial charge in [0.25, 0.3) is 0 Å². The molecule has 1 fully saturated rings. The minimum atomic E-state index is 0.571. The maximum atomic E-state index is 3.52. The van der Waals surface area contributed by atoms with Gasteiger partial charge in [0.15, 0.2) is 0 Å². The van der Waals surface area contributed by atoms with E-state index < -0.39 is 0 Å². The zero-order valence-electron chi connectivity index (χ0n) is 12.8. The monoisotopic (exact) mass is 299 g/mol. The topological polar surface area (TPSA) is 12.0 Å². The van der Waals surface area contributed by atoms with Gasteiger partial charge in [0, 0.05) is 17.0 Å². The van der Waals surface area contributed by atoms with Crippen LogP contribution in [0.3, 0.4) is 0 Å². The molecule has 0 saturated heterocycles. The van der Waals surface area contributed by atoms with Gasteiger partial charge in [0.2, 0.25) is 0 Å². The van der Waals surface area contributed by atoms with Crippen LogP contribution in [0, 0.1) is 0 Å². The van der Waals surface area contributed by atoms with E-state index in [4.69, 9.17) is 0 Å². The first-order valence-corrected chi connectivity index (χ1v) is 9.17. The Morgan fingerprint density at radius 3 is 2.67 bits per heavy atom. The van der Waals surface area contributed by atoms with Crippen LogP contribution in [0.5, 0.6) is 0 Å². The zero-order valence-corrected chi connectivity index (χ0v) is 13.7. The summed E-state index contributed by atoms with van der Waals surface area (Å²) in [5, 5.41) is 7.19. The molecule has 1 atom stereocenters. The van der Waals surface area contributed by atoms with E-state index in [9.17, 15) is 0 Å². The van der Waals surface area contributed by atoms with Crippen molar-refractivity contribution in [2.24, 2.45) is 0 Å². The van der Waals surface area contributed by atoms with E-state index in [1.807, 2.05) is 0 Å². The highest BCUT2D eigenvalue weighted by atomic mass is 32.2.